The van der Waals surface area contributed by atoms with Gasteiger partial charge in [-0.3, -0.25) is 4.79 Å². The number of amides is 1. The van der Waals surface area contributed by atoms with Crippen LogP contribution in [0.25, 0.3) is 0 Å². The van der Waals surface area contributed by atoms with Crippen LogP contribution in [0.1, 0.15) is 67.9 Å². The summed E-state index contributed by atoms with van der Waals surface area (Å²) in [6.45, 7) is 24.6. The van der Waals surface area contributed by atoms with Gasteiger partial charge in [-0.2, -0.15) is 0 Å². The average molecular weight is 709 g/mol. The van der Waals surface area contributed by atoms with Gasteiger partial charge in [-0.1, -0.05) is 47.6 Å². The topological polar surface area (TPSA) is 109 Å². The lowest BCUT2D eigenvalue weighted by molar-refractivity contribution is -0.00733. The molecule has 1 N–H and O–H groups in total. The second-order valence-electron chi connectivity index (χ2n) is 7.97. The van der Waals surface area contributed by atoms with Gasteiger partial charge in [0.25, 0.3) is 0 Å². The number of hydrogen-bond donors (Lipinski definition) is 1. The van der Waals surface area contributed by atoms with Crippen LogP contribution in [0.5, 0.6) is 0 Å². The Labute approximate surface area is 260 Å². The predicted octanol–water partition coefficient (Wildman–Crippen LogP) is 6.70. The van der Waals surface area contributed by atoms with Crippen molar-refractivity contribution in [1.29, 1.82) is 0 Å². The van der Waals surface area contributed by atoms with E-state index >= 15 is 0 Å². The maximum atomic E-state index is 11.7. The molecule has 0 aliphatic heterocycles. The first-order valence-electron chi connectivity index (χ1n) is 14.0. The molecule has 0 bridgehead atoms. The maximum Gasteiger partial charge on any atom is 0.410 e. The molecule has 1 aromatic heterocycles. The number of aromatic nitrogens is 1. The Hall–Kier alpha value is -0.900. The summed E-state index contributed by atoms with van der Waals surface area (Å²) >= 11 is 2.06. The van der Waals surface area contributed by atoms with E-state index < -0.39 is 5.60 Å². The number of carbonyl (C=O) groups excluding carboxylic acids is 1. The van der Waals surface area contributed by atoms with Gasteiger partial charge in [0.2, 0.25) is 5.56 Å². The van der Waals surface area contributed by atoms with Crippen molar-refractivity contribution in [3.63, 3.8) is 0 Å². The standard InChI is InChI=1S/C16H32INO7S.C6H7NO.3C2H6/c1-16(2,3)25-15(19)18(4)5-6-20-7-8-21-9-10-22-11-12-23-13-14-24-26-17;1-5-2-3-6(8)7-4-5;3*1-2/h5-14H2,1-4H3;2-4H,1H3,(H,7,8);3*1-2H3. The number of halogens is 1. The number of ether oxygens (including phenoxy) is 5. The molecule has 10 nitrogen and oxygen atoms in total. The smallest absolute Gasteiger partial charge is 0.410 e. The van der Waals surface area contributed by atoms with Crippen LogP contribution in [0, 0.1) is 6.92 Å². The van der Waals surface area contributed by atoms with E-state index in [1.807, 2.05) is 69.2 Å². The molecule has 0 aromatic carbocycles. The average Bonchev–Trinajstić information content (AvgIpc) is 2.95. The van der Waals surface area contributed by atoms with Gasteiger partial charge in [0.1, 0.15) is 5.60 Å². The quantitative estimate of drug-likeness (QED) is 0.114. The summed E-state index contributed by atoms with van der Waals surface area (Å²) in [5, 5.41) is 0. The van der Waals surface area contributed by atoms with Crippen molar-refractivity contribution in [3.8, 4) is 0 Å². The molecule has 1 amide bonds. The van der Waals surface area contributed by atoms with Crippen molar-refractivity contribution in [2.75, 3.05) is 73.1 Å². The predicted molar refractivity (Wildman–Crippen MR) is 176 cm³/mol. The third-order valence-corrected chi connectivity index (χ3v) is 4.71. The Bertz CT molecular complexity index is 671. The highest BCUT2D eigenvalue weighted by atomic mass is 127. The van der Waals surface area contributed by atoms with Gasteiger partial charge in [-0.25, -0.2) is 4.79 Å². The number of nitrogens with one attached hydrogen (secondary N) is 1. The van der Waals surface area contributed by atoms with Gasteiger partial charge in [-0.15, -0.1) is 0 Å². The summed E-state index contributed by atoms with van der Waals surface area (Å²) in [6.07, 6.45) is 1.33. The third kappa shape index (κ3) is 39.2. The molecule has 0 aliphatic carbocycles. The molecule has 0 fully saturated rings. The number of hydrogen-bond acceptors (Lipinski definition) is 9. The van der Waals surface area contributed by atoms with Crippen molar-refractivity contribution < 1.29 is 32.7 Å². The van der Waals surface area contributed by atoms with Crippen LogP contribution in [-0.4, -0.2) is 94.6 Å². The van der Waals surface area contributed by atoms with E-state index in [1.165, 1.54) is 20.2 Å². The van der Waals surface area contributed by atoms with Gasteiger partial charge >= 0.3 is 6.09 Å². The first kappa shape index (κ1) is 46.1. The van der Waals surface area contributed by atoms with E-state index in [0.29, 0.717) is 66.0 Å². The molecule has 0 radical (unpaired) electrons. The molecule has 0 unspecified atom stereocenters. The van der Waals surface area contributed by atoms with Gasteiger partial charge in [0, 0.05) is 47.1 Å². The molecular weight excluding hydrogens is 651 g/mol. The summed E-state index contributed by atoms with van der Waals surface area (Å²) in [5.74, 6) is 0. The lowest BCUT2D eigenvalue weighted by atomic mass is 10.2. The first-order chi connectivity index (χ1) is 19.2. The first-order valence-corrected chi connectivity index (χ1v) is 17.2. The number of carbonyl (C=O) groups is 1. The molecule has 0 saturated heterocycles. The Morgan fingerprint density at radius 3 is 1.60 bits per heavy atom. The third-order valence-electron chi connectivity index (χ3n) is 3.69. The van der Waals surface area contributed by atoms with Crippen LogP contribution in [0.3, 0.4) is 0 Å². The van der Waals surface area contributed by atoms with Crippen molar-refractivity contribution >= 4 is 36.5 Å². The van der Waals surface area contributed by atoms with Gasteiger partial charge in [-0.05, 0) is 33.3 Å². The second kappa shape index (κ2) is 36.1. The van der Waals surface area contributed by atoms with E-state index in [4.69, 9.17) is 27.9 Å². The van der Waals surface area contributed by atoms with E-state index in [1.54, 1.807) is 19.3 Å². The lowest BCUT2D eigenvalue weighted by Gasteiger charge is -2.24. The number of rotatable bonds is 16. The molecule has 0 saturated carbocycles. The highest BCUT2D eigenvalue weighted by Crippen LogP contribution is 2.11. The summed E-state index contributed by atoms with van der Waals surface area (Å²) in [5.41, 5.74) is 0.538. The van der Waals surface area contributed by atoms with Gasteiger partial charge < -0.3 is 37.8 Å². The van der Waals surface area contributed by atoms with E-state index in [2.05, 4.69) is 26.2 Å². The minimum absolute atomic E-state index is 0.0457. The number of aryl methyl sites for hydroxylation is 1. The zero-order valence-electron chi connectivity index (χ0n) is 26.8. The Balaban J connectivity index is -0.000000381. The molecule has 1 aromatic rings. The van der Waals surface area contributed by atoms with Crippen LogP contribution >= 0.6 is 30.4 Å². The minimum Gasteiger partial charge on any atom is -0.444 e. The molecule has 1 rings (SSSR count). The highest BCUT2D eigenvalue weighted by Gasteiger charge is 2.19. The van der Waals surface area contributed by atoms with Gasteiger partial charge in [0.05, 0.1) is 68.7 Å². The van der Waals surface area contributed by atoms with Crippen LogP contribution in [0.2, 0.25) is 0 Å². The number of likely N-dealkylation sites (N-methyl/N-ethyl adjacent to an activating group) is 1. The van der Waals surface area contributed by atoms with Crippen LogP contribution < -0.4 is 5.56 Å². The second-order valence-corrected chi connectivity index (χ2v) is 9.41. The maximum absolute atomic E-state index is 11.7. The zero-order valence-corrected chi connectivity index (χ0v) is 29.8. The fourth-order valence-electron chi connectivity index (χ4n) is 2.01. The van der Waals surface area contributed by atoms with E-state index in [0.717, 1.165) is 5.56 Å². The van der Waals surface area contributed by atoms with Crippen molar-refractivity contribution in [2.45, 2.75) is 74.8 Å². The minimum atomic E-state index is -0.489. The molecule has 1 heterocycles. The Morgan fingerprint density at radius 1 is 0.825 bits per heavy atom. The fraction of sp³-hybridized carbons (Fsp3) is 0.786. The van der Waals surface area contributed by atoms with Crippen LogP contribution in [0.4, 0.5) is 4.79 Å². The SMILES string of the molecule is CC.CC.CC.CN(CCOCCOCCOCCOCCOSI)C(=O)OC(C)(C)C.Cc1ccc(=O)[nH]c1. The fourth-order valence-corrected chi connectivity index (χ4v) is 2.68. The van der Waals surface area contributed by atoms with Crippen LogP contribution in [-0.2, 0) is 27.9 Å². The largest absolute Gasteiger partial charge is 0.444 e. The number of pyridine rings is 1. The molecule has 240 valence electrons. The summed E-state index contributed by atoms with van der Waals surface area (Å²) in [4.78, 5) is 26.1. The number of nitrogens with zero attached hydrogens (tertiary/aromatic N) is 1. The number of aromatic amines is 1. The van der Waals surface area contributed by atoms with E-state index in [9.17, 15) is 9.59 Å². The Morgan fingerprint density at radius 2 is 1.25 bits per heavy atom. The summed E-state index contributed by atoms with van der Waals surface area (Å²) in [6, 6.07) is 3.29. The molecule has 12 heteroatoms. The van der Waals surface area contributed by atoms with Crippen molar-refractivity contribution in [2.24, 2.45) is 0 Å². The molecule has 0 atom stereocenters. The monoisotopic (exact) mass is 708 g/mol. The molecule has 0 spiro atoms. The van der Waals surface area contributed by atoms with Crippen molar-refractivity contribution in [1.82, 2.24) is 9.88 Å². The summed E-state index contributed by atoms with van der Waals surface area (Å²) < 4.78 is 31.8. The molecule has 0 aliphatic rings. The van der Waals surface area contributed by atoms with Crippen LogP contribution in [0.15, 0.2) is 23.1 Å². The van der Waals surface area contributed by atoms with E-state index in [-0.39, 0.29) is 11.7 Å². The normalized spacial score (nSPS) is 9.80. The highest BCUT2D eigenvalue weighted by molar-refractivity contribution is 14.2. The summed E-state index contributed by atoms with van der Waals surface area (Å²) in [7, 11) is 2.98. The Kier molecular flexibility index (Phi) is 41.6. The molecular formula is C28H57IN2O8S. The van der Waals surface area contributed by atoms with Gasteiger partial charge in [0.15, 0.2) is 0 Å². The zero-order chi connectivity index (χ0) is 31.7. The number of H-pyrrole nitrogens is 1. The molecule has 40 heavy (non-hydrogen) atoms. The van der Waals surface area contributed by atoms with Crippen molar-refractivity contribution in [3.05, 3.63) is 34.2 Å². The lowest BCUT2D eigenvalue weighted by Crippen LogP contribution is -2.36.